The first kappa shape index (κ1) is 21.7. The van der Waals surface area contributed by atoms with Crippen molar-refractivity contribution in [2.45, 2.75) is 12.6 Å². The number of halogens is 4. The number of carbonyl (C=O) groups excluding carboxylic acids is 1. The van der Waals surface area contributed by atoms with Crippen LogP contribution in [0.15, 0.2) is 28.7 Å². The van der Waals surface area contributed by atoms with Crippen LogP contribution in [-0.4, -0.2) is 40.8 Å². The molecule has 0 bridgehead atoms. The van der Waals surface area contributed by atoms with Crippen molar-refractivity contribution in [3.05, 3.63) is 33.6 Å². The third kappa shape index (κ3) is 5.70. The Labute approximate surface area is 167 Å². The number of alkyl halides is 3. The predicted molar refractivity (Wildman–Crippen MR) is 96.8 cm³/mol. The topological polar surface area (TPSA) is 113 Å². The van der Waals surface area contributed by atoms with Gasteiger partial charge in [-0.3, -0.25) is 4.79 Å². The van der Waals surface area contributed by atoms with E-state index in [9.17, 15) is 32.7 Å². The summed E-state index contributed by atoms with van der Waals surface area (Å²) in [5, 5.41) is 20.1. The van der Waals surface area contributed by atoms with Crippen molar-refractivity contribution in [3.8, 4) is 16.2 Å². The number of hydrogen-bond acceptors (Lipinski definition) is 5. The molecule has 1 aromatic carbocycles. The van der Waals surface area contributed by atoms with E-state index in [1.54, 1.807) is 6.07 Å². The molecule has 3 N–H and O–H groups in total. The second kappa shape index (κ2) is 8.61. The van der Waals surface area contributed by atoms with E-state index in [0.717, 1.165) is 11.3 Å². The average molecular weight is 482 g/mol. The Kier molecular flexibility index (Phi) is 6.67. The number of nitrogens with one attached hydrogen (secondary N) is 1. The van der Waals surface area contributed by atoms with Crippen LogP contribution in [0.1, 0.15) is 16.1 Å². The van der Waals surface area contributed by atoms with Gasteiger partial charge in [-0.2, -0.15) is 13.2 Å². The lowest BCUT2D eigenvalue weighted by molar-refractivity contribution is -0.150. The molecular formula is C16H11BrF3NO6S. The van der Waals surface area contributed by atoms with E-state index in [2.05, 4.69) is 21.2 Å². The van der Waals surface area contributed by atoms with Gasteiger partial charge in [0, 0.05) is 5.69 Å². The van der Waals surface area contributed by atoms with Crippen LogP contribution in [-0.2, 0) is 9.59 Å². The SMILES string of the molecule is O=C(O)COc1c(C(=O)O)sc(-c2cccc(NC(=O)CC(F)(F)F)c2)c1Br. The Hall–Kier alpha value is -2.60. The molecule has 0 aliphatic carbocycles. The van der Waals surface area contributed by atoms with Crippen LogP contribution in [0.3, 0.4) is 0 Å². The monoisotopic (exact) mass is 481 g/mol. The van der Waals surface area contributed by atoms with E-state index in [1.807, 2.05) is 0 Å². The van der Waals surface area contributed by atoms with E-state index in [4.69, 9.17) is 9.84 Å². The molecule has 0 saturated heterocycles. The van der Waals surface area contributed by atoms with E-state index >= 15 is 0 Å². The first-order chi connectivity index (χ1) is 13.0. The quantitative estimate of drug-likeness (QED) is 0.545. The molecule has 7 nitrogen and oxygen atoms in total. The van der Waals surface area contributed by atoms with Crippen LogP contribution in [0.4, 0.5) is 18.9 Å². The van der Waals surface area contributed by atoms with Gasteiger partial charge in [-0.1, -0.05) is 12.1 Å². The third-order valence-corrected chi connectivity index (χ3v) is 5.34. The number of aromatic carboxylic acids is 1. The van der Waals surface area contributed by atoms with Crippen LogP contribution in [0, 0.1) is 0 Å². The fourth-order valence-corrected chi connectivity index (χ4v) is 4.00. The van der Waals surface area contributed by atoms with Gasteiger partial charge in [-0.25, -0.2) is 9.59 Å². The number of anilines is 1. The fraction of sp³-hybridized carbons (Fsp3) is 0.188. The molecule has 0 saturated carbocycles. The minimum Gasteiger partial charge on any atom is -0.479 e. The molecule has 1 heterocycles. The molecule has 1 aromatic heterocycles. The lowest BCUT2D eigenvalue weighted by Gasteiger charge is -2.09. The molecule has 1 amide bonds. The zero-order valence-electron chi connectivity index (χ0n) is 13.7. The zero-order valence-corrected chi connectivity index (χ0v) is 16.1. The third-order valence-electron chi connectivity index (χ3n) is 3.11. The molecule has 0 spiro atoms. The number of benzene rings is 1. The molecule has 2 aromatic rings. The van der Waals surface area contributed by atoms with Gasteiger partial charge in [0.1, 0.15) is 6.42 Å². The van der Waals surface area contributed by atoms with E-state index in [0.29, 0.717) is 10.4 Å². The molecule has 0 unspecified atom stereocenters. The molecule has 0 fully saturated rings. The lowest BCUT2D eigenvalue weighted by atomic mass is 10.1. The fourth-order valence-electron chi connectivity index (χ4n) is 2.11. The molecule has 0 aliphatic heterocycles. The first-order valence-corrected chi connectivity index (χ1v) is 8.96. The summed E-state index contributed by atoms with van der Waals surface area (Å²) in [5.41, 5.74) is 0.464. The summed E-state index contributed by atoms with van der Waals surface area (Å²) in [4.78, 5) is 33.6. The van der Waals surface area contributed by atoms with Crippen LogP contribution in [0.25, 0.3) is 10.4 Å². The van der Waals surface area contributed by atoms with Gasteiger partial charge in [0.2, 0.25) is 5.91 Å². The van der Waals surface area contributed by atoms with Gasteiger partial charge in [0.15, 0.2) is 17.2 Å². The first-order valence-electron chi connectivity index (χ1n) is 7.35. The number of carboxylic acids is 2. The van der Waals surface area contributed by atoms with Gasteiger partial charge in [0.05, 0.1) is 9.35 Å². The van der Waals surface area contributed by atoms with Crippen LogP contribution in [0.5, 0.6) is 5.75 Å². The molecule has 2 rings (SSSR count). The number of aliphatic carboxylic acids is 1. The number of carboxylic acid groups (broad SMARTS) is 2. The molecule has 12 heteroatoms. The van der Waals surface area contributed by atoms with Crippen LogP contribution in [0.2, 0.25) is 0 Å². The Morgan fingerprint density at radius 1 is 1.21 bits per heavy atom. The highest BCUT2D eigenvalue weighted by Crippen LogP contribution is 2.46. The van der Waals surface area contributed by atoms with Crippen molar-refractivity contribution >= 4 is 50.8 Å². The van der Waals surface area contributed by atoms with Crippen molar-refractivity contribution < 1.29 is 42.5 Å². The second-order valence-electron chi connectivity index (χ2n) is 5.31. The summed E-state index contributed by atoms with van der Waals surface area (Å²) in [6.07, 6.45) is -6.29. The smallest absolute Gasteiger partial charge is 0.397 e. The molecule has 0 atom stereocenters. The van der Waals surface area contributed by atoms with E-state index in [1.165, 1.54) is 18.2 Å². The maximum atomic E-state index is 12.3. The Morgan fingerprint density at radius 3 is 2.46 bits per heavy atom. The van der Waals surface area contributed by atoms with Gasteiger partial charge in [-0.15, -0.1) is 11.3 Å². The predicted octanol–water partition coefficient (Wildman–Crippen LogP) is 4.23. The van der Waals surface area contributed by atoms with Gasteiger partial charge in [-0.05, 0) is 33.6 Å². The molecule has 0 aliphatic rings. The number of thiophene rings is 1. The number of ether oxygens (including phenoxy) is 1. The normalized spacial score (nSPS) is 11.1. The Morgan fingerprint density at radius 2 is 1.89 bits per heavy atom. The molecular weight excluding hydrogens is 471 g/mol. The lowest BCUT2D eigenvalue weighted by Crippen LogP contribution is -2.21. The summed E-state index contributed by atoms with van der Waals surface area (Å²) >= 11 is 3.95. The van der Waals surface area contributed by atoms with Crippen LogP contribution < -0.4 is 10.1 Å². The van der Waals surface area contributed by atoms with Crippen molar-refractivity contribution in [1.29, 1.82) is 0 Å². The summed E-state index contributed by atoms with van der Waals surface area (Å²) in [7, 11) is 0. The highest BCUT2D eigenvalue weighted by molar-refractivity contribution is 9.10. The van der Waals surface area contributed by atoms with E-state index < -0.39 is 37.0 Å². The highest BCUT2D eigenvalue weighted by Gasteiger charge is 2.31. The largest absolute Gasteiger partial charge is 0.479 e. The van der Waals surface area contributed by atoms with Gasteiger partial charge < -0.3 is 20.3 Å². The Bertz CT molecular complexity index is 928. The highest BCUT2D eigenvalue weighted by atomic mass is 79.9. The van der Waals surface area contributed by atoms with Gasteiger partial charge >= 0.3 is 18.1 Å². The van der Waals surface area contributed by atoms with Crippen molar-refractivity contribution in [2.75, 3.05) is 11.9 Å². The maximum Gasteiger partial charge on any atom is 0.397 e. The molecule has 28 heavy (non-hydrogen) atoms. The maximum absolute atomic E-state index is 12.3. The second-order valence-corrected chi connectivity index (χ2v) is 7.13. The molecule has 150 valence electrons. The van der Waals surface area contributed by atoms with Crippen LogP contribution >= 0.6 is 27.3 Å². The Balaban J connectivity index is 2.35. The summed E-state index contributed by atoms with van der Waals surface area (Å²) < 4.78 is 42.1. The minimum atomic E-state index is -4.65. The van der Waals surface area contributed by atoms with Crippen molar-refractivity contribution in [1.82, 2.24) is 0 Å². The van der Waals surface area contributed by atoms with Crippen molar-refractivity contribution in [2.24, 2.45) is 0 Å². The minimum absolute atomic E-state index is 0.0805. The summed E-state index contributed by atoms with van der Waals surface area (Å²) in [5.74, 6) is -4.06. The summed E-state index contributed by atoms with van der Waals surface area (Å²) in [6, 6.07) is 5.74. The standard InChI is InChI=1S/C16H11BrF3NO6S/c17-11-12(27-6-10(23)24)14(15(25)26)28-13(11)7-2-1-3-8(4-7)21-9(22)5-16(18,19)20/h1-4H,5-6H2,(H,21,22)(H,23,24)(H,25,26). The van der Waals surface area contributed by atoms with E-state index in [-0.39, 0.29) is 20.8 Å². The summed E-state index contributed by atoms with van der Waals surface area (Å²) in [6.45, 7) is -0.761. The number of rotatable bonds is 7. The molecule has 0 radical (unpaired) electrons. The number of amides is 1. The van der Waals surface area contributed by atoms with Gasteiger partial charge in [0.25, 0.3) is 0 Å². The number of hydrogen-bond donors (Lipinski definition) is 3. The average Bonchev–Trinajstić information content (AvgIpc) is 2.88. The zero-order chi connectivity index (χ0) is 21.1. The van der Waals surface area contributed by atoms with Crippen molar-refractivity contribution in [3.63, 3.8) is 0 Å². The number of carbonyl (C=O) groups is 3.